The first kappa shape index (κ1) is 22.0. The van der Waals surface area contributed by atoms with Gasteiger partial charge in [0, 0.05) is 11.8 Å². The molecule has 0 bridgehead atoms. The van der Waals surface area contributed by atoms with Gasteiger partial charge in [-0.3, -0.25) is 23.5 Å². The molecule has 5 atom stereocenters. The molecule has 0 aliphatic carbocycles. The Balaban J connectivity index is 1.54. The normalized spacial score (nSPS) is 35.4. The molecule has 1 unspecified atom stereocenters. The quantitative estimate of drug-likeness (QED) is 0.489. The Hall–Kier alpha value is -2.21. The van der Waals surface area contributed by atoms with Crippen molar-refractivity contribution >= 4 is 19.5 Å². The molecule has 13 heteroatoms. The van der Waals surface area contributed by atoms with Crippen molar-refractivity contribution < 1.29 is 51.5 Å². The lowest BCUT2D eigenvalue weighted by Crippen LogP contribution is -2.52. The number of hydrogen-bond acceptors (Lipinski definition) is 9. The number of phosphoric acid groups is 1. The predicted octanol–water partition coefficient (Wildman–Crippen LogP) is 1.12. The molecule has 4 rings (SSSR count). The van der Waals surface area contributed by atoms with E-state index in [4.69, 9.17) is 18.3 Å². The average Bonchev–Trinajstić information content (AvgIpc) is 2.98. The van der Waals surface area contributed by atoms with Crippen molar-refractivity contribution in [1.82, 2.24) is 4.90 Å². The largest absolute Gasteiger partial charge is 0.530 e. The summed E-state index contributed by atoms with van der Waals surface area (Å²) in [6.07, 6.45) is -7.89. The minimum absolute atomic E-state index is 0.162. The number of allylic oxidation sites excluding steroid dienone is 1. The van der Waals surface area contributed by atoms with E-state index in [-0.39, 0.29) is 12.4 Å². The van der Waals surface area contributed by atoms with Gasteiger partial charge in [-0.05, 0) is 12.1 Å². The van der Waals surface area contributed by atoms with E-state index in [9.17, 15) is 33.1 Å². The molecule has 1 aromatic rings. The zero-order valence-corrected chi connectivity index (χ0v) is 16.7. The van der Waals surface area contributed by atoms with Crippen LogP contribution in [0.5, 0.6) is 5.75 Å². The van der Waals surface area contributed by atoms with Crippen molar-refractivity contribution in [2.45, 2.75) is 43.5 Å². The van der Waals surface area contributed by atoms with E-state index in [1.807, 2.05) is 0 Å². The Morgan fingerprint density at radius 2 is 2.03 bits per heavy atom. The number of benzene rings is 1. The van der Waals surface area contributed by atoms with Crippen LogP contribution in [0.2, 0.25) is 0 Å². The molecule has 0 aromatic heterocycles. The van der Waals surface area contributed by atoms with E-state index in [0.29, 0.717) is 5.56 Å². The molecule has 3 aliphatic rings. The highest BCUT2D eigenvalue weighted by Gasteiger charge is 2.62. The van der Waals surface area contributed by atoms with Crippen LogP contribution in [0.1, 0.15) is 12.0 Å². The minimum atomic E-state index is -4.34. The maximum Gasteiger partial charge on any atom is 0.530 e. The molecule has 1 amide bonds. The molecule has 3 aliphatic heterocycles. The van der Waals surface area contributed by atoms with Gasteiger partial charge in [-0.1, -0.05) is 18.2 Å². The van der Waals surface area contributed by atoms with E-state index >= 15 is 0 Å². The van der Waals surface area contributed by atoms with Crippen LogP contribution < -0.4 is 4.52 Å². The smallest absolute Gasteiger partial charge is 0.404 e. The van der Waals surface area contributed by atoms with Crippen molar-refractivity contribution in [3.63, 3.8) is 0 Å². The molecule has 0 saturated carbocycles. The summed E-state index contributed by atoms with van der Waals surface area (Å²) in [6, 6.07) is 6.45. The van der Waals surface area contributed by atoms with E-state index < -0.39 is 63.0 Å². The molecule has 1 fully saturated rings. The molecular formula is C18H18F2NO9P. The van der Waals surface area contributed by atoms with Crippen molar-refractivity contribution in [2.24, 2.45) is 0 Å². The highest BCUT2D eigenvalue weighted by molar-refractivity contribution is 7.49. The SMILES string of the molecule is O=C1C=CN([C@@H]2O[C@@](COP3(=O)OCc4ccccc4O3)(C(F)F)[C@@H](O)[C@H]2O)C(=O)C1. The Morgan fingerprint density at radius 1 is 1.29 bits per heavy atom. The van der Waals surface area contributed by atoms with Crippen molar-refractivity contribution in [3.05, 3.63) is 42.1 Å². The second-order valence-corrected chi connectivity index (χ2v) is 8.75. The first-order valence-corrected chi connectivity index (χ1v) is 10.6. The van der Waals surface area contributed by atoms with Gasteiger partial charge in [-0.2, -0.15) is 0 Å². The number of ether oxygens (including phenoxy) is 1. The van der Waals surface area contributed by atoms with E-state index in [0.717, 1.165) is 17.2 Å². The number of ketones is 1. The van der Waals surface area contributed by atoms with Gasteiger partial charge in [0.15, 0.2) is 17.6 Å². The Bertz CT molecular complexity index is 973. The molecule has 168 valence electrons. The Kier molecular flexibility index (Phi) is 5.71. The molecule has 3 heterocycles. The number of aliphatic hydroxyl groups excluding tert-OH is 2. The van der Waals surface area contributed by atoms with Crippen LogP contribution >= 0.6 is 7.82 Å². The fourth-order valence-corrected chi connectivity index (χ4v) is 4.67. The highest BCUT2D eigenvalue weighted by Crippen LogP contribution is 2.55. The van der Waals surface area contributed by atoms with Crippen LogP contribution in [0.15, 0.2) is 36.5 Å². The van der Waals surface area contributed by atoms with Gasteiger partial charge in [-0.25, -0.2) is 13.3 Å². The van der Waals surface area contributed by atoms with Gasteiger partial charge >= 0.3 is 7.82 Å². The van der Waals surface area contributed by atoms with Crippen molar-refractivity contribution in [2.75, 3.05) is 6.61 Å². The van der Waals surface area contributed by atoms with Crippen LogP contribution in [0.4, 0.5) is 8.78 Å². The lowest BCUT2D eigenvalue weighted by molar-refractivity contribution is -0.201. The maximum absolute atomic E-state index is 14.0. The molecule has 1 saturated heterocycles. The van der Waals surface area contributed by atoms with E-state index in [1.54, 1.807) is 18.2 Å². The lowest BCUT2D eigenvalue weighted by Gasteiger charge is -2.33. The number of fused-ring (bicyclic) bond motifs is 1. The first-order valence-electron chi connectivity index (χ1n) is 9.16. The fraction of sp³-hybridized carbons (Fsp3) is 0.444. The first-order chi connectivity index (χ1) is 14.7. The van der Waals surface area contributed by atoms with Gasteiger partial charge in [0.2, 0.25) is 5.91 Å². The summed E-state index contributed by atoms with van der Waals surface area (Å²) in [4.78, 5) is 24.1. The monoisotopic (exact) mass is 461 g/mol. The topological polar surface area (TPSA) is 132 Å². The summed E-state index contributed by atoms with van der Waals surface area (Å²) in [5.41, 5.74) is -2.28. The van der Waals surface area contributed by atoms with Crippen molar-refractivity contribution in [1.29, 1.82) is 0 Å². The number of amides is 1. The number of carbonyl (C=O) groups is 2. The Labute approximate surface area is 174 Å². The average molecular weight is 461 g/mol. The molecule has 31 heavy (non-hydrogen) atoms. The van der Waals surface area contributed by atoms with Crippen LogP contribution in [0.3, 0.4) is 0 Å². The van der Waals surface area contributed by atoms with Crippen LogP contribution in [0.25, 0.3) is 0 Å². The van der Waals surface area contributed by atoms with Crippen LogP contribution in [0, 0.1) is 0 Å². The zero-order valence-electron chi connectivity index (χ0n) is 15.8. The summed E-state index contributed by atoms with van der Waals surface area (Å²) in [5, 5.41) is 20.7. The maximum atomic E-state index is 14.0. The summed E-state index contributed by atoms with van der Waals surface area (Å²) in [5.74, 6) is -1.14. The summed E-state index contributed by atoms with van der Waals surface area (Å²) >= 11 is 0. The number of carbonyl (C=O) groups excluding carboxylic acids is 2. The van der Waals surface area contributed by atoms with Gasteiger partial charge in [0.25, 0.3) is 6.43 Å². The lowest BCUT2D eigenvalue weighted by atomic mass is 9.96. The molecule has 1 aromatic carbocycles. The Morgan fingerprint density at radius 3 is 2.74 bits per heavy atom. The minimum Gasteiger partial charge on any atom is -0.404 e. The van der Waals surface area contributed by atoms with Gasteiger partial charge in [0.05, 0.1) is 19.6 Å². The van der Waals surface area contributed by atoms with E-state index in [2.05, 4.69) is 0 Å². The molecule has 0 radical (unpaired) electrons. The predicted molar refractivity (Wildman–Crippen MR) is 96.6 cm³/mol. The van der Waals surface area contributed by atoms with Gasteiger partial charge < -0.3 is 19.5 Å². The van der Waals surface area contributed by atoms with Gasteiger partial charge in [0.1, 0.15) is 18.0 Å². The standard InChI is InChI=1S/C18H18F2NO9P/c19-17(20)18(9-28-31(26)27-8-10-3-1-2-4-12(10)30-31)15(25)14(24)16(29-18)21-6-5-11(22)7-13(21)23/h1-6,14-17,24-25H,7-9H2/t14-,15+,16-,18-,31?/m1/s1. The summed E-state index contributed by atoms with van der Waals surface area (Å²) < 4.78 is 61.3. The third-order valence-corrected chi connectivity index (χ3v) is 6.45. The van der Waals surface area contributed by atoms with Crippen LogP contribution in [-0.4, -0.2) is 63.9 Å². The van der Waals surface area contributed by atoms with E-state index in [1.165, 1.54) is 6.07 Å². The molecule has 0 spiro atoms. The van der Waals surface area contributed by atoms with Crippen LogP contribution in [-0.2, 0) is 34.5 Å². The fourth-order valence-electron chi connectivity index (χ4n) is 3.42. The highest BCUT2D eigenvalue weighted by atomic mass is 31.2. The zero-order chi connectivity index (χ0) is 22.4. The number of aliphatic hydroxyl groups is 2. The second-order valence-electron chi connectivity index (χ2n) is 7.15. The van der Waals surface area contributed by atoms with Crippen molar-refractivity contribution in [3.8, 4) is 5.75 Å². The number of hydrogen-bond donors (Lipinski definition) is 2. The molecular weight excluding hydrogens is 443 g/mol. The summed E-state index contributed by atoms with van der Waals surface area (Å²) in [6.45, 7) is -1.34. The summed E-state index contributed by atoms with van der Waals surface area (Å²) in [7, 11) is -4.34. The second kappa shape index (κ2) is 8.05. The number of halogens is 2. The third-order valence-electron chi connectivity index (χ3n) is 5.14. The number of para-hydroxylation sites is 1. The number of nitrogens with zero attached hydrogens (tertiary/aromatic N) is 1. The number of alkyl halides is 2. The number of rotatable bonds is 5. The number of phosphoric ester groups is 1. The van der Waals surface area contributed by atoms with Gasteiger partial charge in [-0.15, -0.1) is 0 Å². The molecule has 2 N–H and O–H groups in total. The third kappa shape index (κ3) is 3.91. The molecule has 10 nitrogen and oxygen atoms in total.